The summed E-state index contributed by atoms with van der Waals surface area (Å²) in [5.74, 6) is 0.480. The number of rotatable bonds is 5. The topological polar surface area (TPSA) is 87.4 Å². The van der Waals surface area contributed by atoms with Gasteiger partial charge in [-0.15, -0.1) is 0 Å². The highest BCUT2D eigenvalue weighted by Crippen LogP contribution is 2.33. The van der Waals surface area contributed by atoms with E-state index in [2.05, 4.69) is 25.9 Å². The lowest BCUT2D eigenvalue weighted by atomic mass is 10.3. The number of hydrogen-bond acceptors (Lipinski definition) is 6. The summed E-state index contributed by atoms with van der Waals surface area (Å²) < 4.78 is 10.9. The summed E-state index contributed by atoms with van der Waals surface area (Å²) in [6.07, 6.45) is 0. The summed E-state index contributed by atoms with van der Waals surface area (Å²) in [6.45, 7) is 0.152. The van der Waals surface area contributed by atoms with Gasteiger partial charge in [-0.1, -0.05) is 27.5 Å². The van der Waals surface area contributed by atoms with Crippen molar-refractivity contribution in [2.24, 2.45) is 0 Å². The van der Waals surface area contributed by atoms with Crippen LogP contribution < -0.4 is 4.74 Å². The molecule has 0 saturated carbocycles. The Kier molecular flexibility index (Phi) is 5.05. The number of hydrogen-bond donors (Lipinski definition) is 0. The molecule has 7 nitrogen and oxygen atoms in total. The lowest BCUT2D eigenvalue weighted by molar-refractivity contribution is -0.385. The molecule has 1 aromatic heterocycles. The monoisotopic (exact) mass is 373 g/mol. The second-order valence-corrected chi connectivity index (χ2v) is 5.15. The first kappa shape index (κ1) is 15.6. The highest BCUT2D eigenvalue weighted by Gasteiger charge is 2.17. The maximum absolute atomic E-state index is 11.0. The quantitative estimate of drug-likeness (QED) is 0.450. The van der Waals surface area contributed by atoms with E-state index in [1.165, 1.54) is 25.3 Å². The molecule has 0 N–H and O–H groups in total. The molecule has 0 fully saturated rings. The zero-order valence-electron chi connectivity index (χ0n) is 10.7. The second kappa shape index (κ2) is 6.79. The SMILES string of the molecule is COCc1nc(Cl)cc(Oc2ccc(Br)cc2[N+](=O)[O-])n1. The molecule has 0 unspecified atom stereocenters. The summed E-state index contributed by atoms with van der Waals surface area (Å²) >= 11 is 9.02. The van der Waals surface area contributed by atoms with Gasteiger partial charge in [0.15, 0.2) is 5.82 Å². The molecule has 0 aliphatic carbocycles. The third-order valence-corrected chi connectivity index (χ3v) is 3.01. The molecular formula is C12H9BrClN3O4. The smallest absolute Gasteiger partial charge is 0.312 e. The number of methoxy groups -OCH3 is 1. The molecular weight excluding hydrogens is 366 g/mol. The van der Waals surface area contributed by atoms with Crippen molar-refractivity contribution in [1.82, 2.24) is 9.97 Å². The fourth-order valence-electron chi connectivity index (χ4n) is 1.52. The van der Waals surface area contributed by atoms with E-state index in [-0.39, 0.29) is 29.1 Å². The Morgan fingerprint density at radius 1 is 1.38 bits per heavy atom. The van der Waals surface area contributed by atoms with E-state index in [9.17, 15) is 10.1 Å². The molecule has 0 saturated heterocycles. The first-order valence-electron chi connectivity index (χ1n) is 5.64. The molecule has 0 bridgehead atoms. The fraction of sp³-hybridized carbons (Fsp3) is 0.167. The van der Waals surface area contributed by atoms with Crippen LogP contribution in [0.1, 0.15) is 5.82 Å². The average Bonchev–Trinajstić information content (AvgIpc) is 2.40. The van der Waals surface area contributed by atoms with Crippen LogP contribution in [0.25, 0.3) is 0 Å². The lowest BCUT2D eigenvalue weighted by Crippen LogP contribution is -2.00. The lowest BCUT2D eigenvalue weighted by Gasteiger charge is -2.07. The van der Waals surface area contributed by atoms with Gasteiger partial charge in [-0.05, 0) is 12.1 Å². The summed E-state index contributed by atoms with van der Waals surface area (Å²) in [5.41, 5.74) is -0.188. The molecule has 0 aliphatic heterocycles. The minimum atomic E-state index is -0.543. The van der Waals surface area contributed by atoms with Gasteiger partial charge in [0, 0.05) is 23.7 Å². The van der Waals surface area contributed by atoms with Crippen molar-refractivity contribution in [2.45, 2.75) is 6.61 Å². The van der Waals surface area contributed by atoms with E-state index in [0.717, 1.165) is 0 Å². The first-order valence-corrected chi connectivity index (χ1v) is 6.81. The third-order valence-electron chi connectivity index (χ3n) is 2.32. The maximum atomic E-state index is 11.0. The molecule has 110 valence electrons. The maximum Gasteiger partial charge on any atom is 0.312 e. The van der Waals surface area contributed by atoms with Gasteiger partial charge in [0.1, 0.15) is 11.8 Å². The Bertz CT molecular complexity index is 684. The molecule has 2 rings (SSSR count). The number of halogens is 2. The number of nitro groups is 1. The van der Waals surface area contributed by atoms with E-state index >= 15 is 0 Å². The van der Waals surface area contributed by atoms with Crippen LogP contribution in [-0.4, -0.2) is 22.0 Å². The fourth-order valence-corrected chi connectivity index (χ4v) is 2.06. The number of nitrogens with zero attached hydrogens (tertiary/aromatic N) is 3. The van der Waals surface area contributed by atoms with Crippen LogP contribution in [0.15, 0.2) is 28.7 Å². The van der Waals surface area contributed by atoms with Crippen LogP contribution in [0.3, 0.4) is 0 Å². The molecule has 21 heavy (non-hydrogen) atoms. The summed E-state index contributed by atoms with van der Waals surface area (Å²) in [7, 11) is 1.49. The van der Waals surface area contributed by atoms with Gasteiger partial charge in [-0.3, -0.25) is 10.1 Å². The average molecular weight is 375 g/mol. The summed E-state index contributed by atoms with van der Waals surface area (Å²) in [4.78, 5) is 18.5. The highest BCUT2D eigenvalue weighted by atomic mass is 79.9. The van der Waals surface area contributed by atoms with Crippen molar-refractivity contribution >= 4 is 33.2 Å². The van der Waals surface area contributed by atoms with Crippen LogP contribution in [0, 0.1) is 10.1 Å². The Morgan fingerprint density at radius 2 is 2.14 bits per heavy atom. The number of nitro benzene ring substituents is 1. The molecule has 1 heterocycles. The third kappa shape index (κ3) is 4.10. The van der Waals surface area contributed by atoms with Crippen molar-refractivity contribution in [2.75, 3.05) is 7.11 Å². The van der Waals surface area contributed by atoms with Crippen molar-refractivity contribution in [1.29, 1.82) is 0 Å². The molecule has 0 spiro atoms. The van der Waals surface area contributed by atoms with Gasteiger partial charge in [-0.25, -0.2) is 4.98 Å². The Morgan fingerprint density at radius 3 is 2.81 bits per heavy atom. The van der Waals surface area contributed by atoms with E-state index in [1.54, 1.807) is 6.07 Å². The van der Waals surface area contributed by atoms with E-state index in [4.69, 9.17) is 21.1 Å². The van der Waals surface area contributed by atoms with Crippen molar-refractivity contribution in [3.8, 4) is 11.6 Å². The zero-order chi connectivity index (χ0) is 15.4. The zero-order valence-corrected chi connectivity index (χ0v) is 13.1. The van der Waals surface area contributed by atoms with Gasteiger partial charge < -0.3 is 9.47 Å². The minimum absolute atomic E-state index is 0.0568. The van der Waals surface area contributed by atoms with Gasteiger partial charge in [0.2, 0.25) is 11.6 Å². The largest absolute Gasteiger partial charge is 0.432 e. The van der Waals surface area contributed by atoms with E-state index < -0.39 is 4.92 Å². The van der Waals surface area contributed by atoms with Crippen molar-refractivity contribution in [3.05, 3.63) is 49.8 Å². The number of aromatic nitrogens is 2. The Balaban J connectivity index is 2.36. The molecule has 0 aliphatic rings. The van der Waals surface area contributed by atoms with Crippen molar-refractivity contribution in [3.63, 3.8) is 0 Å². The second-order valence-electron chi connectivity index (χ2n) is 3.85. The highest BCUT2D eigenvalue weighted by molar-refractivity contribution is 9.10. The van der Waals surface area contributed by atoms with Crippen LogP contribution in [0.2, 0.25) is 5.15 Å². The van der Waals surface area contributed by atoms with Crippen LogP contribution in [0.5, 0.6) is 11.6 Å². The molecule has 1 aromatic carbocycles. The first-order chi connectivity index (χ1) is 9.99. The summed E-state index contributed by atoms with van der Waals surface area (Å²) in [6, 6.07) is 5.80. The van der Waals surface area contributed by atoms with Crippen LogP contribution in [0.4, 0.5) is 5.69 Å². The molecule has 0 atom stereocenters. The number of ether oxygens (including phenoxy) is 2. The Labute approximate surface area is 133 Å². The predicted octanol–water partition coefficient (Wildman–Crippen LogP) is 3.74. The predicted molar refractivity (Wildman–Crippen MR) is 78.6 cm³/mol. The van der Waals surface area contributed by atoms with Gasteiger partial charge in [0.25, 0.3) is 0 Å². The molecule has 0 radical (unpaired) electrons. The molecule has 9 heteroatoms. The number of benzene rings is 1. The van der Waals surface area contributed by atoms with Gasteiger partial charge in [0.05, 0.1) is 4.92 Å². The minimum Gasteiger partial charge on any atom is -0.432 e. The van der Waals surface area contributed by atoms with E-state index in [0.29, 0.717) is 10.3 Å². The standard InChI is InChI=1S/C12H9BrClN3O4/c1-20-6-11-15-10(14)5-12(16-11)21-9-3-2-7(13)4-8(9)17(18)19/h2-5H,6H2,1H3. The summed E-state index contributed by atoms with van der Waals surface area (Å²) in [5, 5.41) is 11.2. The molecule has 0 amide bonds. The van der Waals surface area contributed by atoms with E-state index in [1.807, 2.05) is 0 Å². The van der Waals surface area contributed by atoms with Crippen LogP contribution in [-0.2, 0) is 11.3 Å². The van der Waals surface area contributed by atoms with Gasteiger partial charge >= 0.3 is 5.69 Å². The Hall–Kier alpha value is -1.77. The van der Waals surface area contributed by atoms with Gasteiger partial charge in [-0.2, -0.15) is 4.98 Å². The van der Waals surface area contributed by atoms with Crippen molar-refractivity contribution < 1.29 is 14.4 Å². The van der Waals surface area contributed by atoms with Crippen LogP contribution >= 0.6 is 27.5 Å². The molecule has 2 aromatic rings. The normalized spacial score (nSPS) is 10.4.